The smallest absolute Gasteiger partial charge is 0.244 e. The fourth-order valence-electron chi connectivity index (χ4n) is 4.26. The molecule has 0 radical (unpaired) electrons. The molecule has 23 heavy (non-hydrogen) atoms. The summed E-state index contributed by atoms with van der Waals surface area (Å²) >= 11 is 0. The lowest BCUT2D eigenvalue weighted by atomic mass is 10.2. The standard InChI is InChI=1S/C17H22N2O3S/c20-16(18-14-6-4-5-7-14)17-12-13(17)10-11-19(17)23(21,22)15-8-2-1-3-9-15/h1-3,8-9,13-14H,4-7,10-12H2,(H,18,20). The highest BCUT2D eigenvalue weighted by Gasteiger charge is 2.70. The molecule has 1 saturated heterocycles. The number of sulfonamides is 1. The SMILES string of the molecule is O=C(NC1CCCC1)C12CC1CCN2S(=O)(=O)c1ccccc1. The van der Waals surface area contributed by atoms with E-state index in [-0.39, 0.29) is 22.8 Å². The topological polar surface area (TPSA) is 66.5 Å². The zero-order valence-electron chi connectivity index (χ0n) is 13.1. The molecule has 2 atom stereocenters. The number of amides is 1. The number of hydrogen-bond acceptors (Lipinski definition) is 3. The van der Waals surface area contributed by atoms with Crippen LogP contribution in [0.15, 0.2) is 35.2 Å². The van der Waals surface area contributed by atoms with Crippen LogP contribution in [0.25, 0.3) is 0 Å². The van der Waals surface area contributed by atoms with Gasteiger partial charge in [-0.1, -0.05) is 31.0 Å². The van der Waals surface area contributed by atoms with Crippen LogP contribution in [0.5, 0.6) is 0 Å². The molecule has 2 saturated carbocycles. The minimum absolute atomic E-state index is 0.0774. The first-order valence-electron chi connectivity index (χ1n) is 8.44. The van der Waals surface area contributed by atoms with Crippen molar-refractivity contribution in [3.63, 3.8) is 0 Å². The van der Waals surface area contributed by atoms with Crippen molar-refractivity contribution < 1.29 is 13.2 Å². The molecule has 6 heteroatoms. The van der Waals surface area contributed by atoms with Crippen LogP contribution in [-0.4, -0.2) is 36.8 Å². The van der Waals surface area contributed by atoms with Crippen LogP contribution >= 0.6 is 0 Å². The quantitative estimate of drug-likeness (QED) is 0.914. The molecule has 1 N–H and O–H groups in total. The maximum atomic E-state index is 13.0. The molecule has 0 spiro atoms. The number of piperidine rings is 1. The average Bonchev–Trinajstić information content (AvgIpc) is 2.91. The van der Waals surface area contributed by atoms with Crippen molar-refractivity contribution >= 4 is 15.9 Å². The Labute approximate surface area is 137 Å². The summed E-state index contributed by atoms with van der Waals surface area (Å²) in [6, 6.07) is 8.67. The van der Waals surface area contributed by atoms with Crippen LogP contribution in [0, 0.1) is 5.92 Å². The van der Waals surface area contributed by atoms with Gasteiger partial charge in [0, 0.05) is 12.6 Å². The molecule has 1 aliphatic heterocycles. The van der Waals surface area contributed by atoms with Gasteiger partial charge in [0.05, 0.1) is 4.90 Å². The van der Waals surface area contributed by atoms with Gasteiger partial charge < -0.3 is 5.32 Å². The molecule has 2 unspecified atom stereocenters. The van der Waals surface area contributed by atoms with Crippen LogP contribution in [0.4, 0.5) is 0 Å². The normalized spacial score (nSPS) is 31.0. The second-order valence-electron chi connectivity index (χ2n) is 6.96. The Morgan fingerprint density at radius 2 is 1.83 bits per heavy atom. The second kappa shape index (κ2) is 5.31. The molecule has 124 valence electrons. The summed E-state index contributed by atoms with van der Waals surface area (Å²) in [5, 5.41) is 3.11. The Bertz CT molecular complexity index is 713. The minimum atomic E-state index is -3.61. The van der Waals surface area contributed by atoms with Crippen LogP contribution in [0.3, 0.4) is 0 Å². The molecule has 1 amide bonds. The highest BCUT2D eigenvalue weighted by atomic mass is 32.2. The van der Waals surface area contributed by atoms with Gasteiger partial charge in [0.2, 0.25) is 15.9 Å². The number of nitrogens with one attached hydrogen (secondary N) is 1. The number of hydrogen-bond donors (Lipinski definition) is 1. The van der Waals surface area contributed by atoms with E-state index in [1.165, 1.54) is 4.31 Å². The molecule has 5 nitrogen and oxygen atoms in total. The summed E-state index contributed by atoms with van der Waals surface area (Å²) in [5.74, 6) is 0.105. The largest absolute Gasteiger partial charge is 0.352 e. The van der Waals surface area contributed by atoms with Gasteiger partial charge in [0.15, 0.2) is 0 Å². The molecule has 3 fully saturated rings. The zero-order chi connectivity index (χ0) is 16.1. The Morgan fingerprint density at radius 3 is 2.48 bits per heavy atom. The lowest BCUT2D eigenvalue weighted by molar-refractivity contribution is -0.126. The predicted molar refractivity (Wildman–Crippen MR) is 86.2 cm³/mol. The van der Waals surface area contributed by atoms with Crippen LogP contribution in [0.2, 0.25) is 0 Å². The van der Waals surface area contributed by atoms with Crippen molar-refractivity contribution in [1.82, 2.24) is 9.62 Å². The highest BCUT2D eigenvalue weighted by Crippen LogP contribution is 2.57. The Balaban J connectivity index is 1.60. The average molecular weight is 334 g/mol. The number of fused-ring (bicyclic) bond motifs is 1. The fraction of sp³-hybridized carbons (Fsp3) is 0.588. The van der Waals surface area contributed by atoms with Gasteiger partial charge in [-0.15, -0.1) is 0 Å². The van der Waals surface area contributed by atoms with Crippen molar-refractivity contribution in [2.45, 2.75) is 55.0 Å². The predicted octanol–water partition coefficient (Wildman–Crippen LogP) is 1.90. The van der Waals surface area contributed by atoms with E-state index in [4.69, 9.17) is 0 Å². The molecular formula is C17H22N2O3S. The Hall–Kier alpha value is -1.40. The number of carbonyl (C=O) groups is 1. The Morgan fingerprint density at radius 1 is 1.13 bits per heavy atom. The maximum Gasteiger partial charge on any atom is 0.244 e. The van der Waals surface area contributed by atoms with Crippen molar-refractivity contribution in [2.24, 2.45) is 5.92 Å². The zero-order valence-corrected chi connectivity index (χ0v) is 13.9. The van der Waals surface area contributed by atoms with E-state index in [0.29, 0.717) is 13.0 Å². The molecule has 1 aromatic carbocycles. The monoisotopic (exact) mass is 334 g/mol. The minimum Gasteiger partial charge on any atom is -0.352 e. The first kappa shape index (κ1) is 15.1. The fourth-order valence-corrected chi connectivity index (χ4v) is 6.10. The molecule has 1 heterocycles. The maximum absolute atomic E-state index is 13.0. The van der Waals surface area contributed by atoms with Crippen LogP contribution in [0.1, 0.15) is 38.5 Å². The van der Waals surface area contributed by atoms with Crippen LogP contribution < -0.4 is 5.32 Å². The third-order valence-electron chi connectivity index (χ3n) is 5.61. The van der Waals surface area contributed by atoms with Crippen molar-refractivity contribution in [3.05, 3.63) is 30.3 Å². The number of benzene rings is 1. The lowest BCUT2D eigenvalue weighted by Gasteiger charge is -2.28. The summed E-state index contributed by atoms with van der Waals surface area (Å²) in [5.41, 5.74) is -0.822. The summed E-state index contributed by atoms with van der Waals surface area (Å²) < 4.78 is 27.4. The van der Waals surface area contributed by atoms with Gasteiger partial charge in [-0.3, -0.25) is 4.79 Å². The van der Waals surface area contributed by atoms with E-state index < -0.39 is 15.6 Å². The van der Waals surface area contributed by atoms with Gasteiger partial charge in [-0.25, -0.2) is 8.42 Å². The van der Waals surface area contributed by atoms with Crippen molar-refractivity contribution in [1.29, 1.82) is 0 Å². The second-order valence-corrected chi connectivity index (χ2v) is 8.82. The number of rotatable bonds is 4. The van der Waals surface area contributed by atoms with Crippen molar-refractivity contribution in [3.8, 4) is 0 Å². The van der Waals surface area contributed by atoms with E-state index in [0.717, 1.165) is 32.1 Å². The summed E-state index contributed by atoms with van der Waals surface area (Å²) in [6.07, 6.45) is 5.76. The van der Waals surface area contributed by atoms with Gasteiger partial charge in [-0.2, -0.15) is 4.31 Å². The molecular weight excluding hydrogens is 312 g/mol. The molecule has 4 rings (SSSR count). The van der Waals surface area contributed by atoms with Gasteiger partial charge in [0.25, 0.3) is 0 Å². The first-order valence-corrected chi connectivity index (χ1v) is 9.88. The van der Waals surface area contributed by atoms with Crippen LogP contribution in [-0.2, 0) is 14.8 Å². The molecule has 1 aromatic rings. The highest BCUT2D eigenvalue weighted by molar-refractivity contribution is 7.89. The summed E-state index contributed by atoms with van der Waals surface area (Å²) in [4.78, 5) is 13.1. The third kappa shape index (κ3) is 2.31. The van der Waals surface area contributed by atoms with Crippen molar-refractivity contribution in [2.75, 3.05) is 6.54 Å². The third-order valence-corrected chi connectivity index (χ3v) is 7.57. The Kier molecular flexibility index (Phi) is 3.50. The van der Waals surface area contributed by atoms with E-state index in [1.807, 2.05) is 0 Å². The van der Waals surface area contributed by atoms with E-state index in [9.17, 15) is 13.2 Å². The lowest BCUT2D eigenvalue weighted by Crippen LogP contribution is -2.52. The first-order chi connectivity index (χ1) is 11.0. The molecule has 0 aromatic heterocycles. The van der Waals surface area contributed by atoms with Gasteiger partial charge in [-0.05, 0) is 43.7 Å². The van der Waals surface area contributed by atoms with E-state index in [1.54, 1.807) is 30.3 Å². The van der Waals surface area contributed by atoms with E-state index >= 15 is 0 Å². The van der Waals surface area contributed by atoms with Gasteiger partial charge >= 0.3 is 0 Å². The van der Waals surface area contributed by atoms with E-state index in [2.05, 4.69) is 5.32 Å². The summed E-state index contributed by atoms with van der Waals surface area (Å²) in [7, 11) is -3.61. The molecule has 2 aliphatic carbocycles. The molecule has 3 aliphatic rings. The van der Waals surface area contributed by atoms with Gasteiger partial charge in [0.1, 0.15) is 5.54 Å². The summed E-state index contributed by atoms with van der Waals surface area (Å²) in [6.45, 7) is 0.444. The number of nitrogens with zero attached hydrogens (tertiary/aromatic N) is 1. The number of carbonyl (C=O) groups excluding carboxylic acids is 1. The molecule has 0 bridgehead atoms.